The summed E-state index contributed by atoms with van der Waals surface area (Å²) < 4.78 is 5.86. The van der Waals surface area contributed by atoms with Gasteiger partial charge in [-0.15, -0.1) is 0 Å². The molecule has 1 N–H and O–H groups in total. The van der Waals surface area contributed by atoms with Crippen LogP contribution in [0, 0.1) is 0 Å². The highest BCUT2D eigenvalue weighted by atomic mass is 16.5. The molecule has 2 rings (SSSR count). The first-order valence-electron chi connectivity index (χ1n) is 7.60. The van der Waals surface area contributed by atoms with E-state index in [0.29, 0.717) is 6.61 Å². The Labute approximate surface area is 128 Å². The molecular weight excluding hydrogens is 258 g/mol. The fourth-order valence-electron chi connectivity index (χ4n) is 1.95. The van der Waals surface area contributed by atoms with Crippen LogP contribution in [0.2, 0.25) is 0 Å². The second kappa shape index (κ2) is 7.28. The monoisotopic (exact) mass is 283 g/mol. The van der Waals surface area contributed by atoms with Gasteiger partial charge >= 0.3 is 0 Å². The fraction of sp³-hybridized carbons (Fsp3) is 0.368. The van der Waals surface area contributed by atoms with E-state index in [2.05, 4.69) is 56.4 Å². The predicted octanol–water partition coefficient (Wildman–Crippen LogP) is 4.54. The molecular formula is C19H25NO. The summed E-state index contributed by atoms with van der Waals surface area (Å²) in [7, 11) is 0. The van der Waals surface area contributed by atoms with Crippen LogP contribution in [0.15, 0.2) is 54.6 Å². The van der Waals surface area contributed by atoms with Gasteiger partial charge in [-0.2, -0.15) is 0 Å². The van der Waals surface area contributed by atoms with Crippen LogP contribution < -0.4 is 10.1 Å². The minimum absolute atomic E-state index is 0.168. The Hall–Kier alpha value is -1.80. The highest BCUT2D eigenvalue weighted by molar-refractivity contribution is 5.29. The summed E-state index contributed by atoms with van der Waals surface area (Å²) in [5.41, 5.74) is 2.61. The number of rotatable bonds is 7. The molecule has 0 aliphatic rings. The highest BCUT2D eigenvalue weighted by Crippen LogP contribution is 2.16. The van der Waals surface area contributed by atoms with Crippen molar-refractivity contribution in [2.75, 3.05) is 0 Å². The maximum atomic E-state index is 5.86. The summed E-state index contributed by atoms with van der Waals surface area (Å²) in [4.78, 5) is 0. The lowest BCUT2D eigenvalue weighted by Gasteiger charge is -2.24. The summed E-state index contributed by atoms with van der Waals surface area (Å²) >= 11 is 0. The van der Waals surface area contributed by atoms with E-state index in [0.717, 1.165) is 18.7 Å². The van der Waals surface area contributed by atoms with Crippen LogP contribution in [0.25, 0.3) is 0 Å². The Kier molecular flexibility index (Phi) is 5.40. The molecule has 2 aromatic carbocycles. The molecule has 0 amide bonds. The zero-order chi connectivity index (χ0) is 15.1. The number of nitrogens with one attached hydrogen (secondary N) is 1. The van der Waals surface area contributed by atoms with Gasteiger partial charge in [-0.1, -0.05) is 49.4 Å². The van der Waals surface area contributed by atoms with Gasteiger partial charge in [-0.05, 0) is 43.5 Å². The van der Waals surface area contributed by atoms with E-state index in [1.54, 1.807) is 0 Å². The van der Waals surface area contributed by atoms with Gasteiger partial charge in [-0.25, -0.2) is 0 Å². The van der Waals surface area contributed by atoms with Crippen LogP contribution in [-0.4, -0.2) is 5.54 Å². The molecule has 2 aromatic rings. The van der Waals surface area contributed by atoms with Crippen molar-refractivity contribution in [2.45, 2.75) is 45.9 Å². The van der Waals surface area contributed by atoms with Gasteiger partial charge in [0, 0.05) is 12.1 Å². The lowest BCUT2D eigenvalue weighted by Crippen LogP contribution is -2.37. The van der Waals surface area contributed by atoms with E-state index in [1.165, 1.54) is 11.1 Å². The van der Waals surface area contributed by atoms with Gasteiger partial charge in [-0.3, -0.25) is 0 Å². The van der Waals surface area contributed by atoms with Crippen molar-refractivity contribution < 1.29 is 4.74 Å². The van der Waals surface area contributed by atoms with Crippen molar-refractivity contribution in [2.24, 2.45) is 0 Å². The molecule has 0 aliphatic heterocycles. The van der Waals surface area contributed by atoms with Crippen LogP contribution in [0.5, 0.6) is 5.75 Å². The first-order chi connectivity index (χ1) is 10.1. The number of ether oxygens (including phenoxy) is 1. The Morgan fingerprint density at radius 3 is 2.38 bits per heavy atom. The van der Waals surface area contributed by atoms with Gasteiger partial charge in [0.25, 0.3) is 0 Å². The smallest absolute Gasteiger partial charge is 0.120 e. The normalized spacial score (nSPS) is 11.4. The molecule has 0 saturated carbocycles. The first-order valence-corrected chi connectivity index (χ1v) is 7.60. The molecule has 2 nitrogen and oxygen atoms in total. The van der Waals surface area contributed by atoms with Crippen molar-refractivity contribution >= 4 is 0 Å². The average molecular weight is 283 g/mol. The van der Waals surface area contributed by atoms with Crippen LogP contribution in [0.3, 0.4) is 0 Å². The van der Waals surface area contributed by atoms with E-state index < -0.39 is 0 Å². The van der Waals surface area contributed by atoms with Gasteiger partial charge < -0.3 is 10.1 Å². The predicted molar refractivity (Wildman–Crippen MR) is 88.4 cm³/mol. The lowest BCUT2D eigenvalue weighted by molar-refractivity contribution is 0.305. The lowest BCUT2D eigenvalue weighted by atomic mass is 10.0. The maximum absolute atomic E-state index is 5.86. The number of hydrogen-bond acceptors (Lipinski definition) is 2. The van der Waals surface area contributed by atoms with Crippen molar-refractivity contribution in [1.82, 2.24) is 5.32 Å². The van der Waals surface area contributed by atoms with E-state index in [-0.39, 0.29) is 5.54 Å². The molecule has 0 spiro atoms. The fourth-order valence-corrected chi connectivity index (χ4v) is 1.95. The highest BCUT2D eigenvalue weighted by Gasteiger charge is 2.13. The summed E-state index contributed by atoms with van der Waals surface area (Å²) in [6.45, 7) is 8.12. The summed E-state index contributed by atoms with van der Waals surface area (Å²) in [5, 5.41) is 3.57. The van der Waals surface area contributed by atoms with Crippen LogP contribution in [-0.2, 0) is 13.2 Å². The van der Waals surface area contributed by atoms with Gasteiger partial charge in [0.15, 0.2) is 0 Å². The Bertz CT molecular complexity index is 549. The summed E-state index contributed by atoms with van der Waals surface area (Å²) in [5.74, 6) is 0.924. The standard InChI is InChI=1S/C19H25NO/c1-4-19(2,3)20-14-17-11-8-12-18(13-17)21-15-16-9-6-5-7-10-16/h5-13,20H,4,14-15H2,1-3H3. The minimum atomic E-state index is 0.168. The molecule has 0 aliphatic carbocycles. The second-order valence-electron chi connectivity index (χ2n) is 6.01. The molecule has 112 valence electrons. The van der Waals surface area contributed by atoms with E-state index >= 15 is 0 Å². The van der Waals surface area contributed by atoms with Crippen LogP contribution in [0.4, 0.5) is 0 Å². The van der Waals surface area contributed by atoms with E-state index in [4.69, 9.17) is 4.74 Å². The van der Waals surface area contributed by atoms with Crippen molar-refractivity contribution in [3.05, 3.63) is 65.7 Å². The van der Waals surface area contributed by atoms with Crippen LogP contribution >= 0.6 is 0 Å². The first kappa shape index (κ1) is 15.6. The third-order valence-electron chi connectivity index (χ3n) is 3.80. The maximum Gasteiger partial charge on any atom is 0.120 e. The molecule has 21 heavy (non-hydrogen) atoms. The molecule has 0 saturated heterocycles. The van der Waals surface area contributed by atoms with E-state index in [9.17, 15) is 0 Å². The van der Waals surface area contributed by atoms with Crippen molar-refractivity contribution in [3.63, 3.8) is 0 Å². The topological polar surface area (TPSA) is 21.3 Å². The minimum Gasteiger partial charge on any atom is -0.489 e. The zero-order valence-electron chi connectivity index (χ0n) is 13.2. The Balaban J connectivity index is 1.92. The van der Waals surface area contributed by atoms with Gasteiger partial charge in [0.1, 0.15) is 12.4 Å². The zero-order valence-corrected chi connectivity index (χ0v) is 13.2. The van der Waals surface area contributed by atoms with Gasteiger partial charge in [0.2, 0.25) is 0 Å². The van der Waals surface area contributed by atoms with E-state index in [1.807, 2.05) is 24.3 Å². The molecule has 2 heteroatoms. The molecule has 0 unspecified atom stereocenters. The van der Waals surface area contributed by atoms with Crippen LogP contribution in [0.1, 0.15) is 38.3 Å². The summed E-state index contributed by atoms with van der Waals surface area (Å²) in [6, 6.07) is 18.6. The molecule has 0 aromatic heterocycles. The Morgan fingerprint density at radius 1 is 0.952 bits per heavy atom. The van der Waals surface area contributed by atoms with Crippen molar-refractivity contribution in [3.8, 4) is 5.75 Å². The third-order valence-corrected chi connectivity index (χ3v) is 3.80. The Morgan fingerprint density at radius 2 is 1.67 bits per heavy atom. The number of benzene rings is 2. The average Bonchev–Trinajstić information content (AvgIpc) is 2.53. The second-order valence-corrected chi connectivity index (χ2v) is 6.01. The number of hydrogen-bond donors (Lipinski definition) is 1. The molecule has 0 bridgehead atoms. The van der Waals surface area contributed by atoms with Gasteiger partial charge in [0.05, 0.1) is 0 Å². The molecule has 0 radical (unpaired) electrons. The quantitative estimate of drug-likeness (QED) is 0.805. The molecule has 0 atom stereocenters. The van der Waals surface area contributed by atoms with Crippen molar-refractivity contribution in [1.29, 1.82) is 0 Å². The summed E-state index contributed by atoms with van der Waals surface area (Å²) in [6.07, 6.45) is 1.11. The molecule has 0 fully saturated rings. The SMILES string of the molecule is CCC(C)(C)NCc1cccc(OCc2ccccc2)c1. The molecule has 0 heterocycles. The third kappa shape index (κ3) is 5.24. The largest absolute Gasteiger partial charge is 0.489 e.